The Bertz CT molecular complexity index is 283. The van der Waals surface area contributed by atoms with Crippen molar-refractivity contribution in [1.82, 2.24) is 0 Å². The summed E-state index contributed by atoms with van der Waals surface area (Å²) >= 11 is 0.319. The van der Waals surface area contributed by atoms with Gasteiger partial charge in [-0.2, -0.15) is 0 Å². The van der Waals surface area contributed by atoms with Crippen molar-refractivity contribution in [1.29, 1.82) is 0 Å². The Kier molecular flexibility index (Phi) is 4.51. The second-order valence-corrected chi connectivity index (χ2v) is 21.8. The summed E-state index contributed by atoms with van der Waals surface area (Å²) in [5.41, 5.74) is 0. The van der Waals surface area contributed by atoms with Crippen LogP contribution in [0.2, 0.25) is 14.8 Å². The molecule has 0 bridgehead atoms. The molecular weight excluding hydrogens is 295 g/mol. The molecule has 1 rings (SSSR count). The van der Waals surface area contributed by atoms with Gasteiger partial charge in [0.2, 0.25) is 0 Å². The molecule has 0 spiro atoms. The first-order valence-corrected chi connectivity index (χ1v) is 16.3. The summed E-state index contributed by atoms with van der Waals surface area (Å²) < 4.78 is 1.72. The average Bonchev–Trinajstić information content (AvgIpc) is 2.51. The first kappa shape index (κ1) is 12.6. The summed E-state index contributed by atoms with van der Waals surface area (Å²) in [5.74, 6) is 0.844. The molecule has 1 aromatic rings. The molecule has 1 aromatic heterocycles. The minimum absolute atomic E-state index is 0.844. The molecule has 14 heavy (non-hydrogen) atoms. The monoisotopic (exact) mass is 318 g/mol. The number of hydrogen-bond donors (Lipinski definition) is 0. The molecule has 0 saturated carbocycles. The van der Waals surface area contributed by atoms with E-state index in [2.05, 4.69) is 52.1 Å². The van der Waals surface area contributed by atoms with E-state index in [-0.39, 0.29) is 0 Å². The standard InChI is InChI=1S/C9H13S.3CH3.Sn/c1-3-8(2)7-9-5-4-6-10-9;;;;/h4-5,8H,3,7H2,1-2H3;3*1H3;/t8-;;;;/m0..../s1. The van der Waals surface area contributed by atoms with Crippen LogP contribution in [-0.4, -0.2) is 18.4 Å². The molecule has 1 heterocycles. The number of rotatable bonds is 4. The van der Waals surface area contributed by atoms with Crippen molar-refractivity contribution in [3.63, 3.8) is 0 Å². The molecule has 0 aliphatic rings. The van der Waals surface area contributed by atoms with E-state index in [1.54, 1.807) is 7.77 Å². The van der Waals surface area contributed by atoms with Gasteiger partial charge in [0, 0.05) is 0 Å². The quantitative estimate of drug-likeness (QED) is 0.739. The molecule has 1 atom stereocenters. The predicted molar refractivity (Wildman–Crippen MR) is 70.5 cm³/mol. The van der Waals surface area contributed by atoms with Crippen LogP contribution >= 0.6 is 11.3 Å². The zero-order valence-electron chi connectivity index (χ0n) is 10.1. The molecule has 0 unspecified atom stereocenters. The van der Waals surface area contributed by atoms with Crippen molar-refractivity contribution in [3.8, 4) is 0 Å². The molecule has 0 aliphatic carbocycles. The van der Waals surface area contributed by atoms with Crippen LogP contribution in [-0.2, 0) is 6.42 Å². The molecule has 0 radical (unpaired) electrons. The molecule has 0 saturated heterocycles. The summed E-state index contributed by atoms with van der Waals surface area (Å²) in [7, 11) is 0. The van der Waals surface area contributed by atoms with Crippen molar-refractivity contribution in [2.24, 2.45) is 5.92 Å². The van der Waals surface area contributed by atoms with Crippen molar-refractivity contribution in [2.45, 2.75) is 41.5 Å². The maximum absolute atomic E-state index is 2.49. The molecule has 0 aromatic carbocycles. The van der Waals surface area contributed by atoms with E-state index in [1.807, 2.05) is 0 Å². The third-order valence-corrected chi connectivity index (χ3v) is 13.2. The third kappa shape index (κ3) is 3.58. The van der Waals surface area contributed by atoms with Gasteiger partial charge >= 0.3 is 97.0 Å². The topological polar surface area (TPSA) is 0 Å². The van der Waals surface area contributed by atoms with Gasteiger partial charge in [-0.25, -0.2) is 0 Å². The Morgan fingerprint density at radius 3 is 2.36 bits per heavy atom. The average molecular weight is 317 g/mol. The molecule has 0 N–H and O–H groups in total. The summed E-state index contributed by atoms with van der Waals surface area (Å²) in [5, 5.41) is 0. The summed E-state index contributed by atoms with van der Waals surface area (Å²) in [4.78, 5) is 9.08. The van der Waals surface area contributed by atoms with E-state index in [1.165, 1.54) is 12.8 Å². The fraction of sp³-hybridized carbons (Fsp3) is 0.667. The van der Waals surface area contributed by atoms with Crippen molar-refractivity contribution in [2.75, 3.05) is 0 Å². The normalized spacial score (nSPS) is 14.4. The van der Waals surface area contributed by atoms with E-state index in [4.69, 9.17) is 0 Å². The third-order valence-electron chi connectivity index (χ3n) is 2.65. The Morgan fingerprint density at radius 2 is 1.93 bits per heavy atom. The molecule has 80 valence electrons. The van der Waals surface area contributed by atoms with Crippen molar-refractivity contribution in [3.05, 3.63) is 17.0 Å². The van der Waals surface area contributed by atoms with Gasteiger partial charge in [0.05, 0.1) is 0 Å². The minimum atomic E-state index is -1.76. The van der Waals surface area contributed by atoms with Crippen molar-refractivity contribution >= 4 is 32.6 Å². The van der Waals surface area contributed by atoms with Crippen LogP contribution < -0.4 is 2.89 Å². The zero-order valence-corrected chi connectivity index (χ0v) is 13.7. The van der Waals surface area contributed by atoms with E-state index >= 15 is 0 Å². The van der Waals surface area contributed by atoms with Crippen LogP contribution in [0.25, 0.3) is 0 Å². The van der Waals surface area contributed by atoms with Crippen LogP contribution in [0.3, 0.4) is 0 Å². The molecule has 0 fully saturated rings. The van der Waals surface area contributed by atoms with E-state index < -0.39 is 18.4 Å². The molecule has 0 amide bonds. The van der Waals surface area contributed by atoms with Gasteiger partial charge < -0.3 is 0 Å². The van der Waals surface area contributed by atoms with E-state index in [9.17, 15) is 0 Å². The Hall–Kier alpha value is 0.499. The van der Waals surface area contributed by atoms with Gasteiger partial charge in [-0.1, -0.05) is 0 Å². The molecule has 0 nitrogen and oxygen atoms in total. The SMILES string of the molecule is CC[C@H](C)Cc1cc[c]([Sn]([CH3])([CH3])[CH3])s1. The van der Waals surface area contributed by atoms with Crippen LogP contribution in [0.5, 0.6) is 0 Å². The van der Waals surface area contributed by atoms with E-state index in [0.29, 0.717) is 0 Å². The first-order chi connectivity index (χ1) is 6.43. The van der Waals surface area contributed by atoms with Crippen LogP contribution in [0.1, 0.15) is 25.1 Å². The zero-order chi connectivity index (χ0) is 10.8. The summed E-state index contributed by atoms with van der Waals surface area (Å²) in [6, 6.07) is 4.74. The predicted octanol–water partition coefficient (Wildman–Crippen LogP) is 3.88. The fourth-order valence-corrected chi connectivity index (χ4v) is 8.02. The molecular formula is C12H22SSn. The Labute approximate surface area is 96.6 Å². The Balaban J connectivity index is 2.69. The second-order valence-electron chi connectivity index (χ2n) is 5.23. The van der Waals surface area contributed by atoms with Crippen LogP contribution in [0, 0.1) is 5.92 Å². The number of hydrogen-bond acceptors (Lipinski definition) is 1. The molecule has 0 aliphatic heterocycles. The summed E-state index contributed by atoms with van der Waals surface area (Å²) in [6.45, 7) is 4.63. The summed E-state index contributed by atoms with van der Waals surface area (Å²) in [6.07, 6.45) is 2.58. The van der Waals surface area contributed by atoms with Crippen LogP contribution in [0.4, 0.5) is 0 Å². The van der Waals surface area contributed by atoms with Crippen LogP contribution in [0.15, 0.2) is 12.1 Å². The first-order valence-electron chi connectivity index (χ1n) is 5.52. The fourth-order valence-electron chi connectivity index (χ4n) is 1.38. The van der Waals surface area contributed by atoms with E-state index in [0.717, 1.165) is 5.92 Å². The van der Waals surface area contributed by atoms with Gasteiger partial charge in [-0.15, -0.1) is 0 Å². The maximum atomic E-state index is 2.49. The Morgan fingerprint density at radius 1 is 1.29 bits per heavy atom. The van der Waals surface area contributed by atoms with Gasteiger partial charge in [0.1, 0.15) is 0 Å². The van der Waals surface area contributed by atoms with Crippen molar-refractivity contribution < 1.29 is 0 Å². The second kappa shape index (κ2) is 5.02. The molecule has 2 heteroatoms. The number of thiophene rings is 1. The van der Waals surface area contributed by atoms with Gasteiger partial charge in [0.15, 0.2) is 0 Å². The van der Waals surface area contributed by atoms with Gasteiger partial charge in [-0.3, -0.25) is 0 Å². The van der Waals surface area contributed by atoms with Gasteiger partial charge in [-0.05, 0) is 0 Å². The van der Waals surface area contributed by atoms with Gasteiger partial charge in [0.25, 0.3) is 0 Å².